The van der Waals surface area contributed by atoms with E-state index < -0.39 is 10.1 Å². The third-order valence-corrected chi connectivity index (χ3v) is 8.22. The van der Waals surface area contributed by atoms with Crippen LogP contribution < -0.4 is 5.32 Å². The van der Waals surface area contributed by atoms with E-state index in [9.17, 15) is 13.2 Å². The molecule has 3 aromatic heterocycles. The minimum atomic E-state index is -3.81. The average Bonchev–Trinajstić information content (AvgIpc) is 3.57. The van der Waals surface area contributed by atoms with Crippen molar-refractivity contribution in [3.05, 3.63) is 71.7 Å². The molecule has 204 valence electrons. The molecular formula is C28H32N6O4S. The standard InChI is InChI=1S/C28H32N6O4S/c1-19-8-11-23(12-9-19)39(36,37)38-15-14-20-10-13-25(29-17-20)31-28-30-18-21-16-24(27(35)33(2)3)34(26(21)32-28)22-6-4-5-7-22/h8-13,16-18,22H,4-7,14-15H2,1-3H3,(H,29,30,31,32). The van der Waals surface area contributed by atoms with Crippen LogP contribution in [0.1, 0.15) is 53.3 Å². The predicted octanol–water partition coefficient (Wildman–Crippen LogP) is 4.64. The van der Waals surface area contributed by atoms with Crippen LogP contribution in [-0.2, 0) is 20.7 Å². The maximum atomic E-state index is 12.9. The summed E-state index contributed by atoms with van der Waals surface area (Å²) < 4.78 is 32.0. The SMILES string of the molecule is Cc1ccc(S(=O)(=O)OCCc2ccc(Nc3ncc4cc(C(=O)N(C)C)n(C5CCCC5)c4n3)nc2)cc1. The van der Waals surface area contributed by atoms with Crippen molar-refractivity contribution < 1.29 is 17.4 Å². The van der Waals surface area contributed by atoms with Crippen LogP contribution in [0.25, 0.3) is 11.0 Å². The summed E-state index contributed by atoms with van der Waals surface area (Å²) in [5, 5.41) is 3.96. The molecule has 1 fully saturated rings. The van der Waals surface area contributed by atoms with Crippen LogP contribution in [-0.4, -0.2) is 59.4 Å². The van der Waals surface area contributed by atoms with Crippen molar-refractivity contribution in [3.8, 4) is 0 Å². The fourth-order valence-electron chi connectivity index (χ4n) is 4.80. The fraction of sp³-hybridized carbons (Fsp3) is 0.357. The molecule has 0 saturated heterocycles. The number of amides is 1. The number of hydrogen-bond acceptors (Lipinski definition) is 8. The van der Waals surface area contributed by atoms with Crippen LogP contribution in [0.4, 0.5) is 11.8 Å². The summed E-state index contributed by atoms with van der Waals surface area (Å²) >= 11 is 0. The predicted molar refractivity (Wildman–Crippen MR) is 149 cm³/mol. The second-order valence-electron chi connectivity index (χ2n) is 10.0. The highest BCUT2D eigenvalue weighted by Gasteiger charge is 2.26. The van der Waals surface area contributed by atoms with Gasteiger partial charge in [0.15, 0.2) is 0 Å². The van der Waals surface area contributed by atoms with Gasteiger partial charge in [-0.2, -0.15) is 13.4 Å². The Kier molecular flexibility index (Phi) is 7.62. The number of aromatic nitrogens is 4. The zero-order chi connectivity index (χ0) is 27.6. The lowest BCUT2D eigenvalue weighted by atomic mass is 10.2. The van der Waals surface area contributed by atoms with Crippen molar-refractivity contribution in [1.29, 1.82) is 0 Å². The molecule has 39 heavy (non-hydrogen) atoms. The smallest absolute Gasteiger partial charge is 0.296 e. The zero-order valence-electron chi connectivity index (χ0n) is 22.3. The summed E-state index contributed by atoms with van der Waals surface area (Å²) in [6.07, 6.45) is 8.08. The van der Waals surface area contributed by atoms with E-state index in [0.29, 0.717) is 23.9 Å². The Morgan fingerprint density at radius 1 is 1.08 bits per heavy atom. The summed E-state index contributed by atoms with van der Waals surface area (Å²) in [5.41, 5.74) is 3.17. The number of benzene rings is 1. The number of anilines is 2. The molecule has 11 heteroatoms. The molecule has 1 aliphatic carbocycles. The number of hydrogen-bond donors (Lipinski definition) is 1. The number of carbonyl (C=O) groups is 1. The quantitative estimate of drug-likeness (QED) is 0.300. The van der Waals surface area contributed by atoms with E-state index in [1.165, 1.54) is 12.1 Å². The number of nitrogens with zero attached hydrogens (tertiary/aromatic N) is 5. The molecule has 10 nitrogen and oxygen atoms in total. The Bertz CT molecular complexity index is 1580. The molecule has 4 aromatic rings. The van der Waals surface area contributed by atoms with E-state index in [-0.39, 0.29) is 23.5 Å². The molecular weight excluding hydrogens is 516 g/mol. The molecule has 3 heterocycles. The van der Waals surface area contributed by atoms with Gasteiger partial charge in [-0.05, 0) is 56.0 Å². The van der Waals surface area contributed by atoms with E-state index in [1.54, 1.807) is 49.6 Å². The van der Waals surface area contributed by atoms with Gasteiger partial charge < -0.3 is 14.8 Å². The minimum Gasteiger partial charge on any atom is -0.343 e. The lowest BCUT2D eigenvalue weighted by molar-refractivity contribution is 0.0815. The van der Waals surface area contributed by atoms with Crippen molar-refractivity contribution >= 4 is 38.8 Å². The first-order valence-corrected chi connectivity index (χ1v) is 14.4. The first kappa shape index (κ1) is 26.8. The number of carbonyl (C=O) groups excluding carboxylic acids is 1. The molecule has 1 aliphatic rings. The first-order valence-electron chi connectivity index (χ1n) is 13.0. The van der Waals surface area contributed by atoms with Gasteiger partial charge in [0.2, 0.25) is 5.95 Å². The summed E-state index contributed by atoms with van der Waals surface area (Å²) in [6, 6.07) is 12.3. The van der Waals surface area contributed by atoms with Crippen molar-refractivity contribution in [2.45, 2.75) is 50.0 Å². The van der Waals surface area contributed by atoms with Crippen LogP contribution in [0.5, 0.6) is 0 Å². The van der Waals surface area contributed by atoms with Gasteiger partial charge in [-0.15, -0.1) is 0 Å². The van der Waals surface area contributed by atoms with Crippen LogP contribution in [0.3, 0.4) is 0 Å². The second kappa shape index (κ2) is 11.1. The topological polar surface area (TPSA) is 119 Å². The normalized spacial score (nSPS) is 14.1. The number of nitrogens with one attached hydrogen (secondary N) is 1. The van der Waals surface area contributed by atoms with Gasteiger partial charge in [-0.1, -0.05) is 36.6 Å². The van der Waals surface area contributed by atoms with E-state index in [2.05, 4.69) is 19.9 Å². The molecule has 0 spiro atoms. The first-order chi connectivity index (χ1) is 18.7. The van der Waals surface area contributed by atoms with Crippen molar-refractivity contribution in [2.75, 3.05) is 26.0 Å². The highest BCUT2D eigenvalue weighted by Crippen LogP contribution is 2.35. The van der Waals surface area contributed by atoms with Crippen molar-refractivity contribution in [3.63, 3.8) is 0 Å². The molecule has 5 rings (SSSR count). The van der Waals surface area contributed by atoms with E-state index in [0.717, 1.165) is 47.8 Å². The Balaban J connectivity index is 1.27. The van der Waals surface area contributed by atoms with Gasteiger partial charge in [0.05, 0.1) is 11.5 Å². The zero-order valence-corrected chi connectivity index (χ0v) is 23.1. The van der Waals surface area contributed by atoms with Gasteiger partial charge in [0.1, 0.15) is 17.2 Å². The fourth-order valence-corrected chi connectivity index (χ4v) is 5.71. The minimum absolute atomic E-state index is 0.0105. The molecule has 1 aromatic carbocycles. The van der Waals surface area contributed by atoms with Crippen LogP contribution in [0.2, 0.25) is 0 Å². The van der Waals surface area contributed by atoms with Gasteiger partial charge in [-0.3, -0.25) is 8.98 Å². The summed E-state index contributed by atoms with van der Waals surface area (Å²) in [5.74, 6) is 0.883. The number of aryl methyl sites for hydroxylation is 1. The summed E-state index contributed by atoms with van der Waals surface area (Å²) in [4.78, 5) is 28.2. The van der Waals surface area contributed by atoms with E-state index in [4.69, 9.17) is 9.17 Å². The van der Waals surface area contributed by atoms with Crippen LogP contribution in [0, 0.1) is 6.92 Å². The Hall–Kier alpha value is -3.83. The molecule has 0 atom stereocenters. The summed E-state index contributed by atoms with van der Waals surface area (Å²) in [6.45, 7) is 1.91. The molecule has 1 amide bonds. The lowest BCUT2D eigenvalue weighted by Crippen LogP contribution is -2.25. The molecule has 0 aliphatic heterocycles. The van der Waals surface area contributed by atoms with E-state index >= 15 is 0 Å². The highest BCUT2D eigenvalue weighted by atomic mass is 32.2. The maximum absolute atomic E-state index is 12.9. The molecule has 1 saturated carbocycles. The number of pyridine rings is 1. The Morgan fingerprint density at radius 2 is 1.82 bits per heavy atom. The number of fused-ring (bicyclic) bond motifs is 1. The molecule has 0 bridgehead atoms. The largest absolute Gasteiger partial charge is 0.343 e. The lowest BCUT2D eigenvalue weighted by Gasteiger charge is -2.19. The monoisotopic (exact) mass is 548 g/mol. The van der Waals surface area contributed by atoms with Crippen molar-refractivity contribution in [1.82, 2.24) is 24.4 Å². The molecule has 1 N–H and O–H groups in total. The van der Waals surface area contributed by atoms with Gasteiger partial charge in [0.25, 0.3) is 16.0 Å². The third-order valence-electron chi connectivity index (χ3n) is 6.89. The maximum Gasteiger partial charge on any atom is 0.296 e. The third kappa shape index (κ3) is 5.94. The Labute approximate surface area is 228 Å². The van der Waals surface area contributed by atoms with Crippen molar-refractivity contribution in [2.24, 2.45) is 0 Å². The molecule has 0 radical (unpaired) electrons. The van der Waals surface area contributed by atoms with Crippen LogP contribution >= 0.6 is 0 Å². The second-order valence-corrected chi connectivity index (χ2v) is 11.6. The van der Waals surface area contributed by atoms with E-state index in [1.807, 2.05) is 19.1 Å². The summed E-state index contributed by atoms with van der Waals surface area (Å²) in [7, 11) is -0.303. The van der Waals surface area contributed by atoms with Gasteiger partial charge >= 0.3 is 0 Å². The number of rotatable bonds is 9. The molecule has 0 unspecified atom stereocenters. The van der Waals surface area contributed by atoms with Crippen LogP contribution in [0.15, 0.2) is 59.8 Å². The average molecular weight is 549 g/mol. The Morgan fingerprint density at radius 3 is 2.49 bits per heavy atom. The van der Waals surface area contributed by atoms with Gasteiger partial charge in [-0.25, -0.2) is 9.97 Å². The van der Waals surface area contributed by atoms with Gasteiger partial charge in [0, 0.05) is 37.9 Å². The highest BCUT2D eigenvalue weighted by molar-refractivity contribution is 7.86.